The third-order valence-electron chi connectivity index (χ3n) is 5.67. The van der Waals surface area contributed by atoms with E-state index in [9.17, 15) is 14.0 Å². The standard InChI is InChI=1S/C28H21FN4O2/c29-21-12-14-22(15-13-21)31-27(34)18-33-17-20(24-9-3-4-11-26(24)33)16-30-32-28(35)25-10-5-7-19-6-1-2-8-23(19)25/h1-17H,18H2,(H,31,34)(H,32,35)/b30-16+. The van der Waals surface area contributed by atoms with Gasteiger partial charge in [-0.3, -0.25) is 9.59 Å². The Hall–Kier alpha value is -4.78. The number of nitrogens with one attached hydrogen (secondary N) is 2. The van der Waals surface area contributed by atoms with Gasteiger partial charge in [0, 0.05) is 33.9 Å². The van der Waals surface area contributed by atoms with E-state index in [1.54, 1.807) is 12.3 Å². The van der Waals surface area contributed by atoms with Gasteiger partial charge in [-0.25, -0.2) is 9.82 Å². The molecule has 0 spiro atoms. The Labute approximate surface area is 200 Å². The van der Waals surface area contributed by atoms with E-state index < -0.39 is 0 Å². The van der Waals surface area contributed by atoms with Gasteiger partial charge in [-0.05, 0) is 47.2 Å². The van der Waals surface area contributed by atoms with Crippen molar-refractivity contribution in [2.45, 2.75) is 6.54 Å². The number of aromatic nitrogens is 1. The van der Waals surface area contributed by atoms with Crippen LogP contribution in [0.3, 0.4) is 0 Å². The Kier molecular flexibility index (Phi) is 6.05. The molecule has 0 aliphatic rings. The number of benzene rings is 4. The number of nitrogens with zero attached hydrogens (tertiary/aromatic N) is 2. The van der Waals surface area contributed by atoms with Crippen molar-refractivity contribution in [1.29, 1.82) is 0 Å². The van der Waals surface area contributed by atoms with Crippen LogP contribution in [0.25, 0.3) is 21.7 Å². The third kappa shape index (κ3) is 4.79. The molecule has 0 aliphatic heterocycles. The van der Waals surface area contributed by atoms with Crippen LogP contribution in [0.15, 0.2) is 102 Å². The lowest BCUT2D eigenvalue weighted by Gasteiger charge is -2.07. The van der Waals surface area contributed by atoms with Crippen molar-refractivity contribution in [3.05, 3.63) is 114 Å². The van der Waals surface area contributed by atoms with Gasteiger partial charge in [-0.2, -0.15) is 5.10 Å². The van der Waals surface area contributed by atoms with E-state index in [4.69, 9.17) is 0 Å². The number of fused-ring (bicyclic) bond motifs is 2. The molecule has 2 N–H and O–H groups in total. The fourth-order valence-corrected chi connectivity index (χ4v) is 4.04. The summed E-state index contributed by atoms with van der Waals surface area (Å²) in [7, 11) is 0. The van der Waals surface area contributed by atoms with Crippen LogP contribution in [0, 0.1) is 5.82 Å². The molecule has 2 amide bonds. The first kappa shape index (κ1) is 22.0. The average molecular weight is 465 g/mol. The Morgan fingerprint density at radius 1 is 0.857 bits per heavy atom. The van der Waals surface area contributed by atoms with E-state index in [-0.39, 0.29) is 24.2 Å². The SMILES string of the molecule is O=C(Cn1cc(/C=N/NC(=O)c2cccc3ccccc23)c2ccccc21)Nc1ccc(F)cc1. The maximum Gasteiger partial charge on any atom is 0.271 e. The second kappa shape index (κ2) is 9.61. The second-order valence-electron chi connectivity index (χ2n) is 8.01. The molecule has 1 heterocycles. The average Bonchev–Trinajstić information content (AvgIpc) is 3.22. The molecule has 7 heteroatoms. The molecule has 0 unspecified atom stereocenters. The number of carbonyl (C=O) groups is 2. The monoisotopic (exact) mass is 464 g/mol. The van der Waals surface area contributed by atoms with Crippen LogP contribution in [-0.2, 0) is 11.3 Å². The fourth-order valence-electron chi connectivity index (χ4n) is 4.04. The highest BCUT2D eigenvalue weighted by Crippen LogP contribution is 2.21. The van der Waals surface area contributed by atoms with Gasteiger partial charge in [0.05, 0.1) is 6.21 Å². The van der Waals surface area contributed by atoms with Gasteiger partial charge in [0.2, 0.25) is 5.91 Å². The van der Waals surface area contributed by atoms with Gasteiger partial charge >= 0.3 is 0 Å². The Morgan fingerprint density at radius 2 is 1.57 bits per heavy atom. The van der Waals surface area contributed by atoms with Crippen molar-refractivity contribution in [3.63, 3.8) is 0 Å². The van der Waals surface area contributed by atoms with Crippen molar-refractivity contribution in [2.24, 2.45) is 5.10 Å². The summed E-state index contributed by atoms with van der Waals surface area (Å²) in [6.07, 6.45) is 3.38. The van der Waals surface area contributed by atoms with Crippen molar-refractivity contribution >= 4 is 45.4 Å². The minimum Gasteiger partial charge on any atom is -0.337 e. The normalized spacial score (nSPS) is 11.2. The van der Waals surface area contributed by atoms with E-state index in [0.717, 1.165) is 27.2 Å². The van der Waals surface area contributed by atoms with Crippen molar-refractivity contribution in [1.82, 2.24) is 9.99 Å². The highest BCUT2D eigenvalue weighted by atomic mass is 19.1. The summed E-state index contributed by atoms with van der Waals surface area (Å²) < 4.78 is 14.9. The molecule has 35 heavy (non-hydrogen) atoms. The number of hydrogen-bond acceptors (Lipinski definition) is 3. The first-order chi connectivity index (χ1) is 17.1. The molecule has 0 bridgehead atoms. The summed E-state index contributed by atoms with van der Waals surface area (Å²) in [5.74, 6) is -0.915. The number of hydrogen-bond donors (Lipinski definition) is 2. The minimum atomic E-state index is -0.365. The molecule has 1 aromatic heterocycles. The van der Waals surface area contributed by atoms with E-state index in [1.165, 1.54) is 24.3 Å². The van der Waals surface area contributed by atoms with Gasteiger partial charge in [0.25, 0.3) is 5.91 Å². The molecule has 0 aliphatic carbocycles. The summed E-state index contributed by atoms with van der Waals surface area (Å²) >= 11 is 0. The quantitative estimate of drug-likeness (QED) is 0.263. The number of carbonyl (C=O) groups excluding carboxylic acids is 2. The topological polar surface area (TPSA) is 75.5 Å². The molecule has 4 aromatic carbocycles. The highest BCUT2D eigenvalue weighted by molar-refractivity contribution is 6.07. The van der Waals surface area contributed by atoms with E-state index in [0.29, 0.717) is 11.3 Å². The molecular formula is C28H21FN4O2. The van der Waals surface area contributed by atoms with E-state index in [2.05, 4.69) is 15.8 Å². The molecule has 0 fully saturated rings. The van der Waals surface area contributed by atoms with Gasteiger partial charge < -0.3 is 9.88 Å². The van der Waals surface area contributed by atoms with Crippen LogP contribution in [-0.4, -0.2) is 22.6 Å². The van der Waals surface area contributed by atoms with E-state index >= 15 is 0 Å². The summed E-state index contributed by atoms with van der Waals surface area (Å²) in [4.78, 5) is 25.3. The summed E-state index contributed by atoms with van der Waals surface area (Å²) in [5, 5.41) is 9.66. The molecule has 0 atom stereocenters. The predicted octanol–water partition coefficient (Wildman–Crippen LogP) is 5.34. The summed E-state index contributed by atoms with van der Waals surface area (Å²) in [5.41, 5.74) is 5.27. The van der Waals surface area contributed by atoms with Crippen LogP contribution >= 0.6 is 0 Å². The number of anilines is 1. The third-order valence-corrected chi connectivity index (χ3v) is 5.67. The summed E-state index contributed by atoms with van der Waals surface area (Å²) in [6.45, 7) is 0.0636. The molecule has 5 aromatic rings. The van der Waals surface area contributed by atoms with Crippen LogP contribution in [0.5, 0.6) is 0 Å². The molecule has 0 saturated carbocycles. The lowest BCUT2D eigenvalue weighted by Crippen LogP contribution is -2.18. The lowest BCUT2D eigenvalue weighted by molar-refractivity contribution is -0.116. The molecule has 172 valence electrons. The predicted molar refractivity (Wildman–Crippen MR) is 136 cm³/mol. The zero-order chi connectivity index (χ0) is 24.2. The van der Waals surface area contributed by atoms with Crippen LogP contribution in [0.4, 0.5) is 10.1 Å². The first-order valence-corrected chi connectivity index (χ1v) is 11.0. The molecule has 0 saturated heterocycles. The molecule has 5 rings (SSSR count). The van der Waals surface area contributed by atoms with Crippen molar-refractivity contribution in [3.8, 4) is 0 Å². The number of amides is 2. The van der Waals surface area contributed by atoms with Gasteiger partial charge in [0.15, 0.2) is 0 Å². The second-order valence-corrected chi connectivity index (χ2v) is 8.01. The number of halogens is 1. The fraction of sp³-hybridized carbons (Fsp3) is 0.0357. The van der Waals surface area contributed by atoms with Crippen LogP contribution in [0.1, 0.15) is 15.9 Å². The largest absolute Gasteiger partial charge is 0.337 e. The molecule has 6 nitrogen and oxygen atoms in total. The Bertz CT molecular complexity index is 1570. The minimum absolute atomic E-state index is 0.0636. The lowest BCUT2D eigenvalue weighted by atomic mass is 10.0. The zero-order valence-electron chi connectivity index (χ0n) is 18.6. The molecule has 0 radical (unpaired) electrons. The van der Waals surface area contributed by atoms with Gasteiger partial charge in [-0.1, -0.05) is 54.6 Å². The highest BCUT2D eigenvalue weighted by Gasteiger charge is 2.12. The number of rotatable bonds is 6. The maximum atomic E-state index is 13.1. The maximum absolute atomic E-state index is 13.1. The first-order valence-electron chi connectivity index (χ1n) is 11.0. The van der Waals surface area contributed by atoms with E-state index in [1.807, 2.05) is 71.4 Å². The Morgan fingerprint density at radius 3 is 2.40 bits per heavy atom. The van der Waals surface area contributed by atoms with Crippen LogP contribution in [0.2, 0.25) is 0 Å². The van der Waals surface area contributed by atoms with Gasteiger partial charge in [0.1, 0.15) is 12.4 Å². The number of hydrazone groups is 1. The van der Waals surface area contributed by atoms with Crippen molar-refractivity contribution < 1.29 is 14.0 Å². The summed E-state index contributed by atoms with van der Waals surface area (Å²) in [6, 6.07) is 26.5. The van der Waals surface area contributed by atoms with Crippen molar-refractivity contribution in [2.75, 3.05) is 5.32 Å². The van der Waals surface area contributed by atoms with Gasteiger partial charge in [-0.15, -0.1) is 0 Å². The Balaban J connectivity index is 1.33. The zero-order valence-corrected chi connectivity index (χ0v) is 18.6. The molecular weight excluding hydrogens is 443 g/mol. The number of para-hydroxylation sites is 1. The smallest absolute Gasteiger partial charge is 0.271 e. The van der Waals surface area contributed by atoms with Crippen LogP contribution < -0.4 is 10.7 Å².